The fraction of sp³-hybridized carbons (Fsp3) is 0.917. The first-order chi connectivity index (χ1) is 7.17. The zero-order chi connectivity index (χ0) is 12.9. The van der Waals surface area contributed by atoms with Gasteiger partial charge in [0.05, 0.1) is 5.60 Å². The van der Waals surface area contributed by atoms with Crippen molar-refractivity contribution >= 4 is 5.91 Å². The molecule has 0 aliphatic carbocycles. The van der Waals surface area contributed by atoms with E-state index in [4.69, 9.17) is 5.73 Å². The highest BCUT2D eigenvalue weighted by molar-refractivity contribution is 5.76. The fourth-order valence-corrected chi connectivity index (χ4v) is 1.41. The van der Waals surface area contributed by atoms with Gasteiger partial charge in [0.15, 0.2) is 0 Å². The van der Waals surface area contributed by atoms with E-state index in [0.29, 0.717) is 25.4 Å². The van der Waals surface area contributed by atoms with E-state index in [1.807, 2.05) is 20.8 Å². The lowest BCUT2D eigenvalue weighted by Gasteiger charge is -2.29. The minimum atomic E-state index is -0.854. The molecule has 0 aromatic carbocycles. The molecule has 0 fully saturated rings. The molecule has 0 aliphatic rings. The van der Waals surface area contributed by atoms with Crippen molar-refractivity contribution in [1.29, 1.82) is 0 Å². The molecule has 0 bridgehead atoms. The average molecular weight is 230 g/mol. The van der Waals surface area contributed by atoms with Crippen molar-refractivity contribution in [3.05, 3.63) is 0 Å². The van der Waals surface area contributed by atoms with Crippen molar-refractivity contribution in [2.24, 2.45) is 11.7 Å². The largest absolute Gasteiger partial charge is 0.389 e. The molecule has 0 aliphatic heterocycles. The summed E-state index contributed by atoms with van der Waals surface area (Å²) >= 11 is 0. The summed E-state index contributed by atoms with van der Waals surface area (Å²) in [5.41, 5.74) is 5.01. The van der Waals surface area contributed by atoms with Crippen molar-refractivity contribution in [1.82, 2.24) is 4.90 Å². The van der Waals surface area contributed by atoms with Gasteiger partial charge < -0.3 is 15.7 Å². The number of rotatable bonds is 6. The van der Waals surface area contributed by atoms with Crippen molar-refractivity contribution in [3.63, 3.8) is 0 Å². The zero-order valence-electron chi connectivity index (χ0n) is 11.2. The summed E-state index contributed by atoms with van der Waals surface area (Å²) in [7, 11) is 0. The molecule has 0 spiro atoms. The Hall–Kier alpha value is -0.610. The third-order valence-corrected chi connectivity index (χ3v) is 2.58. The number of amides is 1. The second-order valence-corrected chi connectivity index (χ2v) is 5.33. The van der Waals surface area contributed by atoms with Crippen LogP contribution in [0.2, 0.25) is 0 Å². The van der Waals surface area contributed by atoms with Crippen LogP contribution in [-0.2, 0) is 4.79 Å². The fourth-order valence-electron chi connectivity index (χ4n) is 1.41. The summed E-state index contributed by atoms with van der Waals surface area (Å²) in [5.74, 6) is 0.315. The molecule has 4 heteroatoms. The average Bonchev–Trinajstić information content (AvgIpc) is 2.12. The van der Waals surface area contributed by atoms with Gasteiger partial charge >= 0.3 is 0 Å². The first-order valence-corrected chi connectivity index (χ1v) is 5.93. The zero-order valence-corrected chi connectivity index (χ0v) is 11.2. The molecular formula is C12H26N2O2. The van der Waals surface area contributed by atoms with Crippen molar-refractivity contribution < 1.29 is 9.90 Å². The Morgan fingerprint density at radius 2 is 1.94 bits per heavy atom. The third kappa shape index (κ3) is 6.08. The van der Waals surface area contributed by atoms with Crippen LogP contribution in [0.25, 0.3) is 0 Å². The van der Waals surface area contributed by atoms with Gasteiger partial charge in [-0.2, -0.15) is 0 Å². The van der Waals surface area contributed by atoms with E-state index in [0.717, 1.165) is 0 Å². The molecule has 1 amide bonds. The molecule has 1 unspecified atom stereocenters. The number of aliphatic hydroxyl groups is 1. The van der Waals surface area contributed by atoms with Gasteiger partial charge in [0.25, 0.3) is 0 Å². The van der Waals surface area contributed by atoms with E-state index < -0.39 is 5.60 Å². The van der Waals surface area contributed by atoms with Gasteiger partial charge in [-0.25, -0.2) is 0 Å². The highest BCUT2D eigenvalue weighted by Crippen LogP contribution is 2.09. The molecule has 0 rings (SSSR count). The van der Waals surface area contributed by atoms with E-state index in [-0.39, 0.29) is 11.9 Å². The maximum Gasteiger partial charge on any atom is 0.224 e. The van der Waals surface area contributed by atoms with Crippen LogP contribution in [0.5, 0.6) is 0 Å². The smallest absolute Gasteiger partial charge is 0.224 e. The Balaban J connectivity index is 4.32. The molecule has 0 aromatic heterocycles. The summed E-state index contributed by atoms with van der Waals surface area (Å²) < 4.78 is 0. The summed E-state index contributed by atoms with van der Waals surface area (Å²) in [5, 5.41) is 9.69. The Bertz CT molecular complexity index is 222. The molecule has 1 atom stereocenters. The summed E-state index contributed by atoms with van der Waals surface area (Å²) in [6.45, 7) is 10.3. The summed E-state index contributed by atoms with van der Waals surface area (Å²) in [6.07, 6.45) is 0.349. The van der Waals surface area contributed by atoms with E-state index in [1.54, 1.807) is 18.7 Å². The number of carbonyl (C=O) groups is 1. The second kappa shape index (κ2) is 6.21. The predicted octanol–water partition coefficient (Wildman–Crippen LogP) is 0.979. The monoisotopic (exact) mass is 230 g/mol. The number of nitrogens with zero attached hydrogens (tertiary/aromatic N) is 1. The lowest BCUT2D eigenvalue weighted by molar-refractivity contribution is -0.134. The topological polar surface area (TPSA) is 66.6 Å². The summed E-state index contributed by atoms with van der Waals surface area (Å²) in [4.78, 5) is 13.6. The molecule has 0 radical (unpaired) electrons. The first-order valence-electron chi connectivity index (χ1n) is 5.93. The van der Waals surface area contributed by atoms with Gasteiger partial charge in [-0.1, -0.05) is 13.8 Å². The molecule has 0 saturated heterocycles. The molecule has 3 N–H and O–H groups in total. The minimum absolute atomic E-state index is 0.0193. The van der Waals surface area contributed by atoms with Gasteiger partial charge in [-0.05, 0) is 26.7 Å². The Morgan fingerprint density at radius 1 is 1.44 bits per heavy atom. The number of nitrogens with two attached hydrogens (primary N) is 1. The normalized spacial score (nSPS) is 14.0. The highest BCUT2D eigenvalue weighted by atomic mass is 16.3. The van der Waals surface area contributed by atoms with Gasteiger partial charge in [-0.15, -0.1) is 0 Å². The third-order valence-electron chi connectivity index (χ3n) is 2.58. The van der Waals surface area contributed by atoms with Crippen LogP contribution in [0.4, 0.5) is 0 Å². The first kappa shape index (κ1) is 15.4. The minimum Gasteiger partial charge on any atom is -0.389 e. The van der Waals surface area contributed by atoms with Gasteiger partial charge in [0.2, 0.25) is 5.91 Å². The van der Waals surface area contributed by atoms with E-state index in [1.165, 1.54) is 0 Å². The quantitative estimate of drug-likeness (QED) is 0.715. The molecule has 96 valence electrons. The van der Waals surface area contributed by atoms with Crippen LogP contribution in [0.15, 0.2) is 0 Å². The van der Waals surface area contributed by atoms with Crippen LogP contribution >= 0.6 is 0 Å². The van der Waals surface area contributed by atoms with Crippen molar-refractivity contribution in [2.45, 2.75) is 52.7 Å². The standard InChI is InChI=1S/C12H26N2O2/c1-6-14(8-12(4,5)16)11(15)7-10(13)9(2)3/h9-10,16H,6-8,13H2,1-5H3. The molecule has 16 heavy (non-hydrogen) atoms. The SMILES string of the molecule is CCN(CC(C)(C)O)C(=O)CC(N)C(C)C. The Kier molecular flexibility index (Phi) is 5.97. The molecule has 0 aromatic rings. The number of hydrogen-bond donors (Lipinski definition) is 2. The van der Waals surface area contributed by atoms with Crippen LogP contribution in [0.3, 0.4) is 0 Å². The predicted molar refractivity (Wildman–Crippen MR) is 66.0 cm³/mol. The van der Waals surface area contributed by atoms with Crippen molar-refractivity contribution in [2.75, 3.05) is 13.1 Å². The summed E-state index contributed by atoms with van der Waals surface area (Å²) in [6, 6.07) is -0.108. The second-order valence-electron chi connectivity index (χ2n) is 5.33. The van der Waals surface area contributed by atoms with E-state index >= 15 is 0 Å². The number of carbonyl (C=O) groups excluding carboxylic acids is 1. The molecule has 0 saturated carbocycles. The maximum absolute atomic E-state index is 11.9. The Morgan fingerprint density at radius 3 is 2.25 bits per heavy atom. The van der Waals surface area contributed by atoms with E-state index in [9.17, 15) is 9.90 Å². The van der Waals surface area contributed by atoms with Gasteiger partial charge in [0, 0.05) is 25.6 Å². The lowest BCUT2D eigenvalue weighted by atomic mass is 10.0. The Labute approximate surface area is 98.8 Å². The highest BCUT2D eigenvalue weighted by Gasteiger charge is 2.23. The molecule has 4 nitrogen and oxygen atoms in total. The van der Waals surface area contributed by atoms with Crippen LogP contribution in [-0.4, -0.2) is 40.6 Å². The van der Waals surface area contributed by atoms with Crippen LogP contribution < -0.4 is 5.73 Å². The lowest BCUT2D eigenvalue weighted by Crippen LogP contribution is -2.44. The van der Waals surface area contributed by atoms with Crippen molar-refractivity contribution in [3.8, 4) is 0 Å². The molecule has 0 heterocycles. The maximum atomic E-state index is 11.9. The number of hydrogen-bond acceptors (Lipinski definition) is 3. The van der Waals surface area contributed by atoms with Crippen LogP contribution in [0.1, 0.15) is 41.0 Å². The van der Waals surface area contributed by atoms with Gasteiger partial charge in [-0.3, -0.25) is 4.79 Å². The number of likely N-dealkylation sites (N-methyl/N-ethyl adjacent to an activating group) is 1. The van der Waals surface area contributed by atoms with Gasteiger partial charge in [0.1, 0.15) is 0 Å². The van der Waals surface area contributed by atoms with E-state index in [2.05, 4.69) is 0 Å². The molecular weight excluding hydrogens is 204 g/mol. The van der Waals surface area contributed by atoms with Crippen LogP contribution in [0, 0.1) is 5.92 Å².